The van der Waals surface area contributed by atoms with Crippen molar-refractivity contribution in [2.45, 2.75) is 51.7 Å². The summed E-state index contributed by atoms with van der Waals surface area (Å²) in [6.07, 6.45) is 0.739. The minimum absolute atomic E-state index is 0.207. The zero-order valence-electron chi connectivity index (χ0n) is 17.2. The van der Waals surface area contributed by atoms with Gasteiger partial charge in [-0.25, -0.2) is 4.79 Å². The third-order valence-electron chi connectivity index (χ3n) is 3.54. The second-order valence-corrected chi connectivity index (χ2v) is 7.38. The number of carbonyl (C=O) groups is 4. The highest BCUT2D eigenvalue weighted by atomic mass is 16.6. The quantitative estimate of drug-likeness (QED) is 0.184. The van der Waals surface area contributed by atoms with Crippen LogP contribution >= 0.6 is 0 Å². The van der Waals surface area contributed by atoms with Gasteiger partial charge in [0.1, 0.15) is 11.6 Å². The standard InChI is InChI=1S/C18H28N6O6/c1-18(2,3)30-17(28)22-9-5-4-6-10(13(19)25)23-14(26)11-7-8-12(29-11)15(27)24-16(20)21/h7-8,10H,4-6,9H2,1-3H3,(H2,19,25)(H,22,28)(H,23,26)(H4,20,21,24,27)/t10-/m0/s1. The Hall–Kier alpha value is -3.57. The van der Waals surface area contributed by atoms with E-state index in [1.54, 1.807) is 20.8 Å². The number of primary amides is 1. The molecule has 0 aliphatic heterocycles. The van der Waals surface area contributed by atoms with E-state index >= 15 is 0 Å². The minimum atomic E-state index is -0.960. The highest BCUT2D eigenvalue weighted by Crippen LogP contribution is 2.10. The Balaban J connectivity index is 2.48. The lowest BCUT2D eigenvalue weighted by Crippen LogP contribution is -2.44. The molecule has 4 amide bonds. The van der Waals surface area contributed by atoms with Crippen molar-refractivity contribution in [2.24, 2.45) is 11.5 Å². The van der Waals surface area contributed by atoms with Crippen molar-refractivity contribution in [3.05, 3.63) is 23.7 Å². The summed E-state index contributed by atoms with van der Waals surface area (Å²) in [6, 6.07) is 1.51. The molecule has 0 aliphatic rings. The number of amides is 4. The molecule has 30 heavy (non-hydrogen) atoms. The fourth-order valence-electron chi connectivity index (χ4n) is 2.26. The third kappa shape index (κ3) is 9.08. The third-order valence-corrected chi connectivity index (χ3v) is 3.54. The molecule has 1 atom stereocenters. The lowest BCUT2D eigenvalue weighted by Gasteiger charge is -2.19. The first-order valence-corrected chi connectivity index (χ1v) is 9.21. The Morgan fingerprint density at radius 1 is 1.10 bits per heavy atom. The molecular formula is C18H28N6O6. The van der Waals surface area contributed by atoms with E-state index in [9.17, 15) is 19.2 Å². The summed E-state index contributed by atoms with van der Waals surface area (Å²) in [5, 5.41) is 14.1. The molecule has 12 nitrogen and oxygen atoms in total. The average Bonchev–Trinajstić information content (AvgIpc) is 3.08. The van der Waals surface area contributed by atoms with Gasteiger partial charge in [-0.2, -0.15) is 0 Å². The van der Waals surface area contributed by atoms with E-state index in [0.29, 0.717) is 19.4 Å². The average molecular weight is 424 g/mol. The van der Waals surface area contributed by atoms with Crippen LogP contribution in [0.25, 0.3) is 0 Å². The van der Waals surface area contributed by atoms with Crippen molar-refractivity contribution in [2.75, 3.05) is 6.54 Å². The van der Waals surface area contributed by atoms with Crippen LogP contribution in [-0.4, -0.2) is 48.0 Å². The molecule has 12 heteroatoms. The number of nitrogens with two attached hydrogens (primary N) is 2. The normalized spacial score (nSPS) is 11.8. The van der Waals surface area contributed by atoms with Crippen LogP contribution in [0.5, 0.6) is 0 Å². The van der Waals surface area contributed by atoms with Gasteiger partial charge >= 0.3 is 6.09 Å². The summed E-state index contributed by atoms with van der Waals surface area (Å²) in [4.78, 5) is 47.1. The molecule has 1 heterocycles. The lowest BCUT2D eigenvalue weighted by atomic mass is 10.1. The topological polar surface area (TPSA) is 203 Å². The number of guanidine groups is 1. The Kier molecular flexibility index (Phi) is 8.84. The second-order valence-electron chi connectivity index (χ2n) is 7.38. The first-order chi connectivity index (χ1) is 13.9. The van der Waals surface area contributed by atoms with Crippen molar-refractivity contribution in [1.82, 2.24) is 16.0 Å². The first kappa shape index (κ1) is 24.5. The van der Waals surface area contributed by atoms with Crippen LogP contribution in [-0.2, 0) is 9.53 Å². The van der Waals surface area contributed by atoms with Crippen LogP contribution in [0.3, 0.4) is 0 Å². The second kappa shape index (κ2) is 10.8. The maximum Gasteiger partial charge on any atom is 0.407 e. The molecule has 1 aromatic rings. The summed E-state index contributed by atoms with van der Waals surface area (Å²) in [5.74, 6) is -3.25. The van der Waals surface area contributed by atoms with Gasteiger partial charge in [0.2, 0.25) is 5.91 Å². The van der Waals surface area contributed by atoms with Gasteiger partial charge in [-0.05, 0) is 52.2 Å². The largest absolute Gasteiger partial charge is 0.446 e. The van der Waals surface area contributed by atoms with E-state index in [4.69, 9.17) is 26.0 Å². The van der Waals surface area contributed by atoms with E-state index < -0.39 is 41.4 Å². The number of rotatable bonds is 9. The van der Waals surface area contributed by atoms with Crippen LogP contribution in [0.1, 0.15) is 61.1 Å². The highest BCUT2D eigenvalue weighted by molar-refractivity contribution is 6.03. The Morgan fingerprint density at radius 3 is 2.23 bits per heavy atom. The van der Waals surface area contributed by atoms with Crippen molar-refractivity contribution < 1.29 is 28.3 Å². The summed E-state index contributed by atoms with van der Waals surface area (Å²) in [6.45, 7) is 5.60. The van der Waals surface area contributed by atoms with E-state index in [-0.39, 0.29) is 17.9 Å². The Labute approximate surface area is 173 Å². The van der Waals surface area contributed by atoms with Gasteiger partial charge in [-0.3, -0.25) is 25.1 Å². The van der Waals surface area contributed by atoms with Gasteiger partial charge in [-0.15, -0.1) is 0 Å². The van der Waals surface area contributed by atoms with Gasteiger partial charge in [-0.1, -0.05) is 0 Å². The maximum atomic E-state index is 12.2. The molecule has 1 aromatic heterocycles. The van der Waals surface area contributed by atoms with Crippen LogP contribution in [0.4, 0.5) is 4.79 Å². The zero-order valence-corrected chi connectivity index (χ0v) is 17.2. The van der Waals surface area contributed by atoms with Gasteiger partial charge in [0.05, 0.1) is 0 Å². The van der Waals surface area contributed by atoms with Crippen molar-refractivity contribution in [3.8, 4) is 0 Å². The molecule has 0 bridgehead atoms. The molecule has 0 saturated carbocycles. The van der Waals surface area contributed by atoms with Gasteiger partial charge in [0, 0.05) is 6.54 Å². The predicted molar refractivity (Wildman–Crippen MR) is 107 cm³/mol. The van der Waals surface area contributed by atoms with Crippen molar-refractivity contribution in [3.63, 3.8) is 0 Å². The zero-order chi connectivity index (χ0) is 22.9. The number of furan rings is 1. The van der Waals surface area contributed by atoms with Crippen molar-refractivity contribution in [1.29, 1.82) is 5.41 Å². The monoisotopic (exact) mass is 424 g/mol. The van der Waals surface area contributed by atoms with Crippen LogP contribution < -0.4 is 27.4 Å². The Morgan fingerprint density at radius 2 is 1.70 bits per heavy atom. The highest BCUT2D eigenvalue weighted by Gasteiger charge is 2.22. The molecule has 0 unspecified atom stereocenters. The van der Waals surface area contributed by atoms with Crippen LogP contribution in [0, 0.1) is 5.41 Å². The maximum absolute atomic E-state index is 12.2. The fraction of sp³-hybridized carbons (Fsp3) is 0.500. The molecular weight excluding hydrogens is 396 g/mol. The van der Waals surface area contributed by atoms with Crippen LogP contribution in [0.15, 0.2) is 16.5 Å². The van der Waals surface area contributed by atoms with Gasteiger partial charge < -0.3 is 31.3 Å². The summed E-state index contributed by atoms with van der Waals surface area (Å²) in [7, 11) is 0. The number of alkyl carbamates (subject to hydrolysis) is 1. The smallest absolute Gasteiger partial charge is 0.407 e. The predicted octanol–water partition coefficient (Wildman–Crippen LogP) is 0.182. The van der Waals surface area contributed by atoms with Crippen LogP contribution in [0.2, 0.25) is 0 Å². The molecule has 0 radical (unpaired) electrons. The van der Waals surface area contributed by atoms with E-state index in [0.717, 1.165) is 0 Å². The van der Waals surface area contributed by atoms with Gasteiger partial charge in [0.15, 0.2) is 17.5 Å². The number of unbranched alkanes of at least 4 members (excludes halogenated alkanes) is 1. The fourth-order valence-corrected chi connectivity index (χ4v) is 2.26. The Bertz CT molecular complexity index is 797. The number of hydrogen-bond acceptors (Lipinski definition) is 7. The van der Waals surface area contributed by atoms with Gasteiger partial charge in [0.25, 0.3) is 11.8 Å². The summed E-state index contributed by atoms with van der Waals surface area (Å²) < 4.78 is 10.2. The molecule has 8 N–H and O–H groups in total. The van der Waals surface area contributed by atoms with E-state index in [2.05, 4.69) is 10.6 Å². The number of carbonyl (C=O) groups excluding carboxylic acids is 4. The summed E-state index contributed by atoms with van der Waals surface area (Å²) >= 11 is 0. The molecule has 0 aromatic carbocycles. The molecule has 166 valence electrons. The first-order valence-electron chi connectivity index (χ1n) is 9.21. The van der Waals surface area contributed by atoms with E-state index in [1.807, 2.05) is 5.32 Å². The molecule has 0 spiro atoms. The number of ether oxygens (including phenoxy) is 1. The number of hydrogen-bond donors (Lipinski definition) is 6. The number of nitrogens with one attached hydrogen (secondary N) is 4. The molecule has 0 saturated heterocycles. The summed E-state index contributed by atoms with van der Waals surface area (Å²) in [5.41, 5.74) is 9.79. The molecule has 0 fully saturated rings. The lowest BCUT2D eigenvalue weighted by molar-refractivity contribution is -0.120. The molecule has 1 rings (SSSR count). The van der Waals surface area contributed by atoms with Crippen molar-refractivity contribution >= 4 is 29.8 Å². The van der Waals surface area contributed by atoms with E-state index in [1.165, 1.54) is 12.1 Å². The molecule has 0 aliphatic carbocycles. The SMILES string of the molecule is CC(C)(C)OC(=O)NCCCC[C@H](NC(=O)c1ccc(C(=O)NC(=N)N)o1)C(N)=O. The minimum Gasteiger partial charge on any atom is -0.446 e.